The van der Waals surface area contributed by atoms with Gasteiger partial charge in [0, 0.05) is 0 Å². The summed E-state index contributed by atoms with van der Waals surface area (Å²) in [5, 5.41) is 0. The topological polar surface area (TPSA) is 0 Å². The first kappa shape index (κ1) is 12.5. The fraction of sp³-hybridized carbons (Fsp3) is 1.00. The molecular weight excluding hydrogens is 187 g/mol. The summed E-state index contributed by atoms with van der Waals surface area (Å²) in [5.41, 5.74) is 0.750. The van der Waals surface area contributed by atoms with Gasteiger partial charge in [0.2, 0.25) is 0 Å². The van der Waals surface area contributed by atoms with E-state index in [1.54, 1.807) is 25.7 Å². The largest absolute Gasteiger partial charge is 0.135 e. The monoisotopic (exact) mass is 214 g/mol. The van der Waals surface area contributed by atoms with E-state index < -0.39 is 0 Å². The molecule has 0 saturated heterocycles. The molecular formula is C13H27P. The van der Waals surface area contributed by atoms with Gasteiger partial charge in [-0.2, -0.15) is 0 Å². The molecule has 14 heavy (non-hydrogen) atoms. The Bertz CT molecular complexity index is 113. The van der Waals surface area contributed by atoms with Crippen LogP contribution in [-0.2, 0) is 0 Å². The van der Waals surface area contributed by atoms with Gasteiger partial charge in [0.1, 0.15) is 0 Å². The van der Waals surface area contributed by atoms with Crippen LogP contribution in [0.25, 0.3) is 0 Å². The highest BCUT2D eigenvalue weighted by Gasteiger charge is 2.26. The van der Waals surface area contributed by atoms with Crippen molar-refractivity contribution in [3.63, 3.8) is 0 Å². The van der Waals surface area contributed by atoms with Crippen LogP contribution < -0.4 is 0 Å². The zero-order valence-corrected chi connectivity index (χ0v) is 11.1. The molecule has 2 rings (SSSR count). The summed E-state index contributed by atoms with van der Waals surface area (Å²) in [7, 11) is 2.66. The number of hydrogen-bond acceptors (Lipinski definition) is 0. The second-order valence-corrected chi connectivity index (χ2v) is 6.67. The maximum Gasteiger partial charge on any atom is -0.0321 e. The standard InChI is InChI=1S/C10H18.C3H9P/c1-2-6-9(5-1)10-7-3-4-8-10;1-3(2)4/h9-10H,1-8H2;3H,4H2,1-2H3. The van der Waals surface area contributed by atoms with Gasteiger partial charge < -0.3 is 0 Å². The van der Waals surface area contributed by atoms with Crippen LogP contribution >= 0.6 is 9.24 Å². The Balaban J connectivity index is 0.000000213. The highest BCUT2D eigenvalue weighted by atomic mass is 31.0. The van der Waals surface area contributed by atoms with Gasteiger partial charge in [0.15, 0.2) is 0 Å². The molecule has 0 nitrogen and oxygen atoms in total. The predicted octanol–water partition coefficient (Wildman–Crippen LogP) is 4.64. The van der Waals surface area contributed by atoms with Gasteiger partial charge >= 0.3 is 0 Å². The molecule has 1 unspecified atom stereocenters. The van der Waals surface area contributed by atoms with E-state index in [0.717, 1.165) is 17.5 Å². The average molecular weight is 214 g/mol. The van der Waals surface area contributed by atoms with Crippen molar-refractivity contribution in [1.29, 1.82) is 0 Å². The van der Waals surface area contributed by atoms with Gasteiger partial charge in [0.25, 0.3) is 0 Å². The molecule has 0 aromatic carbocycles. The van der Waals surface area contributed by atoms with E-state index in [2.05, 4.69) is 23.1 Å². The molecule has 1 atom stereocenters. The van der Waals surface area contributed by atoms with Gasteiger partial charge in [-0.1, -0.05) is 65.2 Å². The molecule has 84 valence electrons. The van der Waals surface area contributed by atoms with Crippen LogP contribution in [0.2, 0.25) is 0 Å². The fourth-order valence-corrected chi connectivity index (χ4v) is 2.86. The van der Waals surface area contributed by atoms with Gasteiger partial charge in [-0.25, -0.2) is 0 Å². The highest BCUT2D eigenvalue weighted by Crippen LogP contribution is 2.39. The second-order valence-electron chi connectivity index (χ2n) is 5.33. The van der Waals surface area contributed by atoms with Crippen molar-refractivity contribution in [2.75, 3.05) is 0 Å². The lowest BCUT2D eigenvalue weighted by atomic mass is 9.90. The summed E-state index contributed by atoms with van der Waals surface area (Å²) in [6.07, 6.45) is 12.4. The molecule has 0 aliphatic heterocycles. The average Bonchev–Trinajstić information content (AvgIpc) is 2.76. The first-order chi connectivity index (χ1) is 6.70. The normalized spacial score (nSPS) is 24.0. The Labute approximate surface area is 92.4 Å². The SMILES string of the molecule is C1CCC(C2CCCC2)C1.CC(C)P. The van der Waals surface area contributed by atoms with Crippen LogP contribution in [0.5, 0.6) is 0 Å². The van der Waals surface area contributed by atoms with E-state index >= 15 is 0 Å². The van der Waals surface area contributed by atoms with E-state index in [-0.39, 0.29) is 0 Å². The van der Waals surface area contributed by atoms with E-state index in [1.165, 1.54) is 25.7 Å². The quantitative estimate of drug-likeness (QED) is 0.558. The van der Waals surface area contributed by atoms with Crippen molar-refractivity contribution in [2.24, 2.45) is 11.8 Å². The smallest absolute Gasteiger partial charge is 0.0321 e. The molecule has 2 saturated carbocycles. The summed E-state index contributed by atoms with van der Waals surface area (Å²) >= 11 is 0. The first-order valence-electron chi connectivity index (χ1n) is 6.45. The van der Waals surface area contributed by atoms with Crippen molar-refractivity contribution < 1.29 is 0 Å². The zero-order valence-electron chi connectivity index (χ0n) is 9.97. The van der Waals surface area contributed by atoms with Crippen molar-refractivity contribution in [1.82, 2.24) is 0 Å². The summed E-state index contributed by atoms with van der Waals surface area (Å²) in [6.45, 7) is 4.26. The van der Waals surface area contributed by atoms with Crippen molar-refractivity contribution in [3.8, 4) is 0 Å². The molecule has 0 bridgehead atoms. The molecule has 0 aromatic rings. The molecule has 2 fully saturated rings. The van der Waals surface area contributed by atoms with E-state index in [0.29, 0.717) is 0 Å². The Morgan fingerprint density at radius 3 is 1.21 bits per heavy atom. The maximum absolute atomic E-state index is 2.66. The summed E-state index contributed by atoms with van der Waals surface area (Å²) in [4.78, 5) is 0. The summed E-state index contributed by atoms with van der Waals surface area (Å²) in [6, 6.07) is 0. The molecule has 0 heterocycles. The first-order valence-corrected chi connectivity index (χ1v) is 7.12. The minimum atomic E-state index is 0.750. The zero-order chi connectivity index (χ0) is 10.4. The Kier molecular flexibility index (Phi) is 6.10. The van der Waals surface area contributed by atoms with Crippen LogP contribution in [0.3, 0.4) is 0 Å². The molecule has 0 amide bonds. The van der Waals surface area contributed by atoms with Crippen LogP contribution in [-0.4, -0.2) is 5.66 Å². The third-order valence-electron chi connectivity index (χ3n) is 3.47. The third kappa shape index (κ3) is 4.78. The maximum atomic E-state index is 2.66. The number of hydrogen-bond donors (Lipinski definition) is 0. The molecule has 0 radical (unpaired) electrons. The van der Waals surface area contributed by atoms with Gasteiger partial charge in [-0.15, -0.1) is 9.24 Å². The van der Waals surface area contributed by atoms with Crippen molar-refractivity contribution in [3.05, 3.63) is 0 Å². The number of rotatable bonds is 1. The predicted molar refractivity (Wildman–Crippen MR) is 68.8 cm³/mol. The van der Waals surface area contributed by atoms with Gasteiger partial charge in [-0.05, 0) is 17.5 Å². The molecule has 2 aliphatic rings. The van der Waals surface area contributed by atoms with E-state index in [4.69, 9.17) is 0 Å². The lowest BCUT2D eigenvalue weighted by Gasteiger charge is -2.16. The van der Waals surface area contributed by atoms with Crippen LogP contribution in [0.4, 0.5) is 0 Å². The lowest BCUT2D eigenvalue weighted by Crippen LogP contribution is -2.06. The van der Waals surface area contributed by atoms with Crippen molar-refractivity contribution >= 4 is 9.24 Å². The van der Waals surface area contributed by atoms with Crippen LogP contribution in [0, 0.1) is 11.8 Å². The van der Waals surface area contributed by atoms with E-state index in [9.17, 15) is 0 Å². The molecule has 0 aromatic heterocycles. The Morgan fingerprint density at radius 1 is 0.786 bits per heavy atom. The molecule has 0 N–H and O–H groups in total. The van der Waals surface area contributed by atoms with Gasteiger partial charge in [0.05, 0.1) is 0 Å². The van der Waals surface area contributed by atoms with Crippen molar-refractivity contribution in [2.45, 2.75) is 70.9 Å². The highest BCUT2D eigenvalue weighted by molar-refractivity contribution is 7.17. The molecule has 2 aliphatic carbocycles. The molecule has 0 spiro atoms. The van der Waals surface area contributed by atoms with Gasteiger partial charge in [-0.3, -0.25) is 0 Å². The fourth-order valence-electron chi connectivity index (χ4n) is 2.86. The lowest BCUT2D eigenvalue weighted by molar-refractivity contribution is 0.347. The summed E-state index contributed by atoms with van der Waals surface area (Å²) in [5.74, 6) is 2.31. The van der Waals surface area contributed by atoms with E-state index in [1.807, 2.05) is 0 Å². The van der Waals surface area contributed by atoms with Crippen LogP contribution in [0.15, 0.2) is 0 Å². The minimum absolute atomic E-state index is 0.750. The minimum Gasteiger partial charge on any atom is -0.135 e. The Morgan fingerprint density at radius 2 is 1.00 bits per heavy atom. The molecule has 1 heteroatoms. The summed E-state index contributed by atoms with van der Waals surface area (Å²) < 4.78 is 0. The Hall–Kier alpha value is 0.430. The van der Waals surface area contributed by atoms with Crippen LogP contribution in [0.1, 0.15) is 65.2 Å². The third-order valence-corrected chi connectivity index (χ3v) is 3.47. The second kappa shape index (κ2) is 6.83.